The standard InChI is InChI=1S/C18H35N3O2/c1-14-6-5-9-21(12-14)18(3,4)13-19-17(23)20-10-7-16(8-11-20)15(2)22/h14-16,22H,5-13H2,1-4H3,(H,19,23). The van der Waals surface area contributed by atoms with Crippen molar-refractivity contribution >= 4 is 6.03 Å². The molecule has 5 nitrogen and oxygen atoms in total. The highest BCUT2D eigenvalue weighted by Gasteiger charge is 2.31. The van der Waals surface area contributed by atoms with Crippen LogP contribution in [0.3, 0.4) is 0 Å². The Morgan fingerprint density at radius 2 is 1.91 bits per heavy atom. The fourth-order valence-electron chi connectivity index (χ4n) is 3.84. The van der Waals surface area contributed by atoms with E-state index in [-0.39, 0.29) is 17.7 Å². The van der Waals surface area contributed by atoms with Crippen LogP contribution in [0.2, 0.25) is 0 Å². The van der Waals surface area contributed by atoms with Crippen molar-refractivity contribution in [3.8, 4) is 0 Å². The van der Waals surface area contributed by atoms with Gasteiger partial charge in [0.1, 0.15) is 0 Å². The Morgan fingerprint density at radius 1 is 1.26 bits per heavy atom. The molecule has 2 fully saturated rings. The highest BCUT2D eigenvalue weighted by molar-refractivity contribution is 5.74. The molecule has 2 N–H and O–H groups in total. The largest absolute Gasteiger partial charge is 0.393 e. The fourth-order valence-corrected chi connectivity index (χ4v) is 3.84. The van der Waals surface area contributed by atoms with Gasteiger partial charge in [0, 0.05) is 31.7 Å². The fraction of sp³-hybridized carbons (Fsp3) is 0.944. The molecular formula is C18H35N3O2. The first-order chi connectivity index (χ1) is 10.8. The summed E-state index contributed by atoms with van der Waals surface area (Å²) in [5.41, 5.74) is 0.00226. The number of aliphatic hydroxyl groups excluding tert-OH is 1. The van der Waals surface area contributed by atoms with Crippen LogP contribution in [0.25, 0.3) is 0 Å². The van der Waals surface area contributed by atoms with Gasteiger partial charge in [-0.2, -0.15) is 0 Å². The smallest absolute Gasteiger partial charge is 0.317 e. The summed E-state index contributed by atoms with van der Waals surface area (Å²) in [5, 5.41) is 12.8. The molecule has 2 atom stereocenters. The first-order valence-corrected chi connectivity index (χ1v) is 9.25. The molecule has 2 unspecified atom stereocenters. The van der Waals surface area contributed by atoms with E-state index in [1.54, 1.807) is 0 Å². The Morgan fingerprint density at radius 3 is 2.48 bits per heavy atom. The van der Waals surface area contributed by atoms with E-state index in [1.165, 1.54) is 12.8 Å². The molecule has 2 rings (SSSR count). The molecule has 5 heteroatoms. The van der Waals surface area contributed by atoms with Gasteiger partial charge in [0.15, 0.2) is 0 Å². The summed E-state index contributed by atoms with van der Waals surface area (Å²) >= 11 is 0. The van der Waals surface area contributed by atoms with Crippen LogP contribution in [0.4, 0.5) is 4.79 Å². The van der Waals surface area contributed by atoms with E-state index in [4.69, 9.17) is 0 Å². The highest BCUT2D eigenvalue weighted by Crippen LogP contribution is 2.24. The van der Waals surface area contributed by atoms with Gasteiger partial charge in [-0.25, -0.2) is 4.79 Å². The maximum atomic E-state index is 12.4. The number of hydrogen-bond donors (Lipinski definition) is 2. The van der Waals surface area contributed by atoms with E-state index < -0.39 is 0 Å². The summed E-state index contributed by atoms with van der Waals surface area (Å²) in [6.07, 6.45) is 4.11. The molecular weight excluding hydrogens is 290 g/mol. The second-order valence-electron chi connectivity index (χ2n) is 8.23. The van der Waals surface area contributed by atoms with Crippen LogP contribution in [0.5, 0.6) is 0 Å². The third-order valence-corrected chi connectivity index (χ3v) is 5.69. The van der Waals surface area contributed by atoms with E-state index in [2.05, 4.69) is 31.0 Å². The number of amides is 2. The van der Waals surface area contributed by atoms with E-state index in [0.29, 0.717) is 12.5 Å². The summed E-state index contributed by atoms with van der Waals surface area (Å²) in [6.45, 7) is 13.1. The van der Waals surface area contributed by atoms with Crippen molar-refractivity contribution in [3.05, 3.63) is 0 Å². The summed E-state index contributed by atoms with van der Waals surface area (Å²) < 4.78 is 0. The summed E-state index contributed by atoms with van der Waals surface area (Å²) in [7, 11) is 0. The predicted molar refractivity (Wildman–Crippen MR) is 93.4 cm³/mol. The van der Waals surface area contributed by atoms with Crippen LogP contribution in [0.1, 0.15) is 53.4 Å². The number of rotatable bonds is 4. The number of hydrogen-bond acceptors (Lipinski definition) is 3. The lowest BCUT2D eigenvalue weighted by atomic mass is 9.92. The van der Waals surface area contributed by atoms with Gasteiger partial charge in [-0.1, -0.05) is 6.92 Å². The average molecular weight is 325 g/mol. The van der Waals surface area contributed by atoms with Gasteiger partial charge >= 0.3 is 6.03 Å². The number of aliphatic hydroxyl groups is 1. The Kier molecular flexibility index (Phi) is 6.32. The topological polar surface area (TPSA) is 55.8 Å². The highest BCUT2D eigenvalue weighted by atomic mass is 16.3. The minimum absolute atomic E-state index is 0.00226. The van der Waals surface area contributed by atoms with Crippen molar-refractivity contribution in [1.29, 1.82) is 0 Å². The van der Waals surface area contributed by atoms with Crippen LogP contribution in [-0.2, 0) is 0 Å². The van der Waals surface area contributed by atoms with Crippen molar-refractivity contribution in [3.63, 3.8) is 0 Å². The molecule has 2 saturated heterocycles. The average Bonchev–Trinajstić information content (AvgIpc) is 2.53. The minimum atomic E-state index is -0.264. The van der Waals surface area contributed by atoms with Crippen molar-refractivity contribution in [2.45, 2.75) is 65.0 Å². The van der Waals surface area contributed by atoms with Crippen LogP contribution in [0.15, 0.2) is 0 Å². The molecule has 0 aromatic carbocycles. The Labute approximate surface area is 141 Å². The van der Waals surface area contributed by atoms with Crippen LogP contribution >= 0.6 is 0 Å². The second-order valence-corrected chi connectivity index (χ2v) is 8.23. The minimum Gasteiger partial charge on any atom is -0.393 e. The normalized spacial score (nSPS) is 26.1. The van der Waals surface area contributed by atoms with Gasteiger partial charge in [0.2, 0.25) is 0 Å². The SMILES string of the molecule is CC1CCCN(C(C)(C)CNC(=O)N2CCC(C(C)O)CC2)C1. The lowest BCUT2D eigenvalue weighted by Crippen LogP contribution is -2.56. The van der Waals surface area contributed by atoms with Crippen molar-refractivity contribution in [2.75, 3.05) is 32.7 Å². The zero-order valence-corrected chi connectivity index (χ0v) is 15.3. The Hall–Kier alpha value is -0.810. The molecule has 0 aromatic rings. The van der Waals surface area contributed by atoms with Gasteiger partial charge < -0.3 is 15.3 Å². The van der Waals surface area contributed by atoms with E-state index in [1.807, 2.05) is 11.8 Å². The first kappa shape index (κ1) is 18.5. The molecule has 0 spiro atoms. The number of piperidine rings is 2. The number of carbonyl (C=O) groups excluding carboxylic acids is 1. The van der Waals surface area contributed by atoms with E-state index in [9.17, 15) is 9.90 Å². The van der Waals surface area contributed by atoms with Gasteiger partial charge in [0.25, 0.3) is 0 Å². The van der Waals surface area contributed by atoms with Crippen molar-refractivity contribution in [2.24, 2.45) is 11.8 Å². The lowest BCUT2D eigenvalue weighted by molar-refractivity contribution is 0.0660. The molecule has 2 aliphatic heterocycles. The van der Waals surface area contributed by atoms with Crippen molar-refractivity contribution < 1.29 is 9.90 Å². The molecule has 2 heterocycles. The van der Waals surface area contributed by atoms with E-state index in [0.717, 1.165) is 44.9 Å². The molecule has 134 valence electrons. The number of urea groups is 1. The first-order valence-electron chi connectivity index (χ1n) is 9.25. The molecule has 2 aliphatic rings. The maximum absolute atomic E-state index is 12.4. The quantitative estimate of drug-likeness (QED) is 0.834. The molecule has 23 heavy (non-hydrogen) atoms. The van der Waals surface area contributed by atoms with Crippen LogP contribution in [-0.4, -0.2) is 65.3 Å². The van der Waals surface area contributed by atoms with Gasteiger partial charge in [-0.3, -0.25) is 4.90 Å². The zero-order chi connectivity index (χ0) is 17.0. The molecule has 0 aromatic heterocycles. The molecule has 0 saturated carbocycles. The molecule has 0 radical (unpaired) electrons. The van der Waals surface area contributed by atoms with Gasteiger partial charge in [0.05, 0.1) is 6.10 Å². The Balaban J connectivity index is 1.77. The molecule has 0 bridgehead atoms. The lowest BCUT2D eigenvalue weighted by Gasteiger charge is -2.43. The number of nitrogens with zero attached hydrogens (tertiary/aromatic N) is 2. The van der Waals surface area contributed by atoms with E-state index >= 15 is 0 Å². The molecule has 2 amide bonds. The number of carbonyl (C=O) groups is 1. The summed E-state index contributed by atoms with van der Waals surface area (Å²) in [6, 6.07) is 0.0483. The monoisotopic (exact) mass is 325 g/mol. The molecule has 0 aliphatic carbocycles. The predicted octanol–water partition coefficient (Wildman–Crippen LogP) is 2.30. The number of nitrogens with one attached hydrogen (secondary N) is 1. The third kappa shape index (κ3) is 5.08. The zero-order valence-electron chi connectivity index (χ0n) is 15.3. The van der Waals surface area contributed by atoms with Crippen LogP contribution < -0.4 is 5.32 Å². The third-order valence-electron chi connectivity index (χ3n) is 5.69. The van der Waals surface area contributed by atoms with Gasteiger partial charge in [-0.15, -0.1) is 0 Å². The summed E-state index contributed by atoms with van der Waals surface area (Å²) in [5.74, 6) is 1.09. The Bertz CT molecular complexity index is 390. The maximum Gasteiger partial charge on any atom is 0.317 e. The van der Waals surface area contributed by atoms with Crippen molar-refractivity contribution in [1.82, 2.24) is 15.1 Å². The van der Waals surface area contributed by atoms with Crippen LogP contribution in [0, 0.1) is 11.8 Å². The van der Waals surface area contributed by atoms with Gasteiger partial charge in [-0.05, 0) is 64.8 Å². The summed E-state index contributed by atoms with van der Waals surface area (Å²) in [4.78, 5) is 16.8. The second kappa shape index (κ2) is 7.84. The number of likely N-dealkylation sites (tertiary alicyclic amines) is 2.